The van der Waals surface area contributed by atoms with Crippen LogP contribution in [0.5, 0.6) is 0 Å². The summed E-state index contributed by atoms with van der Waals surface area (Å²) in [5.41, 5.74) is 1.02. The fourth-order valence-electron chi connectivity index (χ4n) is 2.79. The number of hydrogen-bond acceptors (Lipinski definition) is 6. The van der Waals surface area contributed by atoms with Crippen molar-refractivity contribution in [2.45, 2.75) is 0 Å². The van der Waals surface area contributed by atoms with E-state index in [1.165, 1.54) is 18.2 Å². The summed E-state index contributed by atoms with van der Waals surface area (Å²) in [7, 11) is 0. The Labute approximate surface area is 174 Å². The second-order valence-corrected chi connectivity index (χ2v) is 7.49. The number of rotatable bonds is 4. The molecule has 144 valence electrons. The van der Waals surface area contributed by atoms with Crippen LogP contribution >= 0.6 is 23.4 Å². The third kappa shape index (κ3) is 3.83. The van der Waals surface area contributed by atoms with Gasteiger partial charge in [-0.25, -0.2) is 4.90 Å². The first-order chi connectivity index (χ1) is 13.9. The van der Waals surface area contributed by atoms with E-state index in [0.717, 1.165) is 16.7 Å². The number of benzene rings is 2. The summed E-state index contributed by atoms with van der Waals surface area (Å²) in [5, 5.41) is 11.1. The predicted octanol–water partition coefficient (Wildman–Crippen LogP) is 4.20. The van der Waals surface area contributed by atoms with Gasteiger partial charge < -0.3 is 14.3 Å². The highest BCUT2D eigenvalue weighted by atomic mass is 35.5. The minimum absolute atomic E-state index is 0.0320. The fraction of sp³-hybridized carbons (Fsp3) is 0. The highest BCUT2D eigenvalue weighted by molar-refractivity contribution is 8.19. The lowest BCUT2D eigenvalue weighted by atomic mass is 10.1. The number of imide groups is 1. The van der Waals surface area contributed by atoms with Gasteiger partial charge in [0.25, 0.3) is 11.1 Å². The van der Waals surface area contributed by atoms with Crippen LogP contribution in [0.1, 0.15) is 16.1 Å². The van der Waals surface area contributed by atoms with Crippen LogP contribution in [-0.2, 0) is 4.79 Å². The third-order valence-corrected chi connectivity index (χ3v) is 5.28. The standard InChI is InChI=1S/C21H12ClNO5S/c22-14-4-6-15(7-5-14)23-19(24)18(29-21(23)27)11-16-8-9-17(28-16)12-2-1-3-13(10-12)20(25)26/h1-11H,(H,25,26)/p-1/b18-11-. The maximum atomic E-state index is 12.7. The number of carbonyl (C=O) groups is 3. The van der Waals surface area contributed by atoms with Gasteiger partial charge in [0.15, 0.2) is 0 Å². The SMILES string of the molecule is O=C([O-])c1cccc(-c2ccc(/C=C3\SC(=O)N(c4ccc(Cl)cc4)C3=O)o2)c1. The minimum Gasteiger partial charge on any atom is -0.545 e. The molecule has 0 saturated carbocycles. The molecular weight excluding hydrogens is 414 g/mol. The number of carboxylic acid groups (broad SMARTS) is 1. The molecule has 2 aromatic carbocycles. The van der Waals surface area contributed by atoms with E-state index in [1.807, 2.05) is 0 Å². The third-order valence-electron chi connectivity index (χ3n) is 4.16. The Balaban J connectivity index is 1.60. The van der Waals surface area contributed by atoms with E-state index in [9.17, 15) is 19.5 Å². The van der Waals surface area contributed by atoms with E-state index in [2.05, 4.69) is 0 Å². The van der Waals surface area contributed by atoms with Crippen molar-refractivity contribution >= 4 is 52.2 Å². The van der Waals surface area contributed by atoms with Crippen molar-refractivity contribution in [3.05, 3.63) is 81.9 Å². The summed E-state index contributed by atoms with van der Waals surface area (Å²) in [6, 6.07) is 15.8. The van der Waals surface area contributed by atoms with Gasteiger partial charge in [0.1, 0.15) is 11.5 Å². The number of amides is 2. The smallest absolute Gasteiger partial charge is 0.298 e. The maximum Gasteiger partial charge on any atom is 0.298 e. The van der Waals surface area contributed by atoms with E-state index in [-0.39, 0.29) is 10.5 Å². The van der Waals surface area contributed by atoms with Crippen LogP contribution in [0.25, 0.3) is 17.4 Å². The lowest BCUT2D eigenvalue weighted by molar-refractivity contribution is -0.255. The van der Waals surface area contributed by atoms with Gasteiger partial charge in [-0.1, -0.05) is 29.8 Å². The van der Waals surface area contributed by atoms with Crippen molar-refractivity contribution in [1.82, 2.24) is 0 Å². The summed E-state index contributed by atoms with van der Waals surface area (Å²) < 4.78 is 5.70. The van der Waals surface area contributed by atoms with Gasteiger partial charge in [0.2, 0.25) is 0 Å². The molecule has 0 aliphatic carbocycles. The molecule has 0 N–H and O–H groups in total. The molecule has 4 rings (SSSR count). The van der Waals surface area contributed by atoms with Crippen molar-refractivity contribution in [2.24, 2.45) is 0 Å². The molecule has 1 fully saturated rings. The van der Waals surface area contributed by atoms with Crippen LogP contribution in [0, 0.1) is 0 Å². The Bertz CT molecular complexity index is 1170. The molecular formula is C21H11ClNO5S-. The minimum atomic E-state index is -1.28. The Morgan fingerprint density at radius 1 is 1.07 bits per heavy atom. The summed E-state index contributed by atoms with van der Waals surface area (Å²) in [6.07, 6.45) is 1.48. The summed E-state index contributed by atoms with van der Waals surface area (Å²) >= 11 is 6.66. The molecule has 0 atom stereocenters. The first-order valence-corrected chi connectivity index (χ1v) is 9.57. The molecule has 29 heavy (non-hydrogen) atoms. The maximum absolute atomic E-state index is 12.7. The predicted molar refractivity (Wildman–Crippen MR) is 108 cm³/mol. The second kappa shape index (κ2) is 7.62. The fourth-order valence-corrected chi connectivity index (χ4v) is 3.74. The van der Waals surface area contributed by atoms with Gasteiger partial charge in [-0.3, -0.25) is 9.59 Å². The number of halogens is 1. The van der Waals surface area contributed by atoms with Gasteiger partial charge in [-0.15, -0.1) is 0 Å². The van der Waals surface area contributed by atoms with Gasteiger partial charge >= 0.3 is 0 Å². The second-order valence-electron chi connectivity index (χ2n) is 6.06. The number of furan rings is 1. The van der Waals surface area contributed by atoms with E-state index in [0.29, 0.717) is 27.8 Å². The molecule has 1 aliphatic heterocycles. The Morgan fingerprint density at radius 2 is 1.83 bits per heavy atom. The molecule has 1 saturated heterocycles. The number of carbonyl (C=O) groups excluding carboxylic acids is 3. The molecule has 1 aliphatic rings. The van der Waals surface area contributed by atoms with Crippen LogP contribution in [-0.4, -0.2) is 17.1 Å². The average Bonchev–Trinajstić information content (AvgIpc) is 3.28. The van der Waals surface area contributed by atoms with Gasteiger partial charge in [0.05, 0.1) is 16.6 Å². The Kier molecular flexibility index (Phi) is 5.00. The normalized spacial score (nSPS) is 15.3. The van der Waals surface area contributed by atoms with Crippen molar-refractivity contribution in [2.75, 3.05) is 4.90 Å². The van der Waals surface area contributed by atoms with Gasteiger partial charge in [-0.2, -0.15) is 0 Å². The zero-order chi connectivity index (χ0) is 20.5. The lowest BCUT2D eigenvalue weighted by Gasteiger charge is -2.11. The molecule has 8 heteroatoms. The number of hydrogen-bond donors (Lipinski definition) is 0. The molecule has 0 unspecified atom stereocenters. The molecule has 1 aromatic heterocycles. The first kappa shape index (κ1) is 19.0. The highest BCUT2D eigenvalue weighted by Gasteiger charge is 2.36. The Morgan fingerprint density at radius 3 is 2.55 bits per heavy atom. The van der Waals surface area contributed by atoms with E-state index in [1.54, 1.807) is 48.5 Å². The topological polar surface area (TPSA) is 90.6 Å². The van der Waals surface area contributed by atoms with Crippen molar-refractivity contribution < 1.29 is 23.9 Å². The molecule has 2 amide bonds. The number of nitrogens with zero attached hydrogens (tertiary/aromatic N) is 1. The number of anilines is 1. The summed E-state index contributed by atoms with van der Waals surface area (Å²) in [4.78, 5) is 37.3. The molecule has 0 radical (unpaired) electrons. The van der Waals surface area contributed by atoms with Gasteiger partial charge in [-0.05, 0) is 59.8 Å². The van der Waals surface area contributed by atoms with E-state index in [4.69, 9.17) is 16.0 Å². The average molecular weight is 425 g/mol. The molecule has 2 heterocycles. The lowest BCUT2D eigenvalue weighted by Crippen LogP contribution is -2.27. The van der Waals surface area contributed by atoms with Crippen LogP contribution in [0.2, 0.25) is 5.02 Å². The van der Waals surface area contributed by atoms with Crippen LogP contribution in [0.3, 0.4) is 0 Å². The molecule has 6 nitrogen and oxygen atoms in total. The largest absolute Gasteiger partial charge is 0.545 e. The number of thioether (sulfide) groups is 1. The monoisotopic (exact) mass is 424 g/mol. The van der Waals surface area contributed by atoms with Crippen LogP contribution < -0.4 is 10.0 Å². The number of carboxylic acids is 1. The quantitative estimate of drug-likeness (QED) is 0.583. The van der Waals surface area contributed by atoms with Crippen molar-refractivity contribution in [3.63, 3.8) is 0 Å². The highest BCUT2D eigenvalue weighted by Crippen LogP contribution is 2.36. The zero-order valence-corrected chi connectivity index (χ0v) is 16.2. The summed E-state index contributed by atoms with van der Waals surface area (Å²) in [6.45, 7) is 0. The van der Waals surface area contributed by atoms with Crippen molar-refractivity contribution in [1.29, 1.82) is 0 Å². The molecule has 3 aromatic rings. The number of aromatic carboxylic acids is 1. The van der Waals surface area contributed by atoms with E-state index < -0.39 is 17.1 Å². The van der Waals surface area contributed by atoms with Crippen LogP contribution in [0.4, 0.5) is 10.5 Å². The van der Waals surface area contributed by atoms with E-state index >= 15 is 0 Å². The Hall–Kier alpha value is -3.29. The van der Waals surface area contributed by atoms with Crippen LogP contribution in [0.15, 0.2) is 70.0 Å². The zero-order valence-electron chi connectivity index (χ0n) is 14.6. The molecule has 0 spiro atoms. The first-order valence-electron chi connectivity index (χ1n) is 8.37. The van der Waals surface area contributed by atoms with Gasteiger partial charge in [0, 0.05) is 16.7 Å². The van der Waals surface area contributed by atoms with Crippen molar-refractivity contribution in [3.8, 4) is 11.3 Å². The molecule has 0 bridgehead atoms. The summed E-state index contributed by atoms with van der Waals surface area (Å²) in [5.74, 6) is -0.953.